The first-order valence-electron chi connectivity index (χ1n) is 11.2. The van der Waals surface area contributed by atoms with Crippen LogP contribution in [-0.4, -0.2) is 51.5 Å². The number of hydrogen-bond donors (Lipinski definition) is 1. The van der Waals surface area contributed by atoms with Crippen LogP contribution in [0.5, 0.6) is 0 Å². The SMILES string of the molecule is O=C(Cc1[nH]c(=S)n2c1C1C[C@]1(c1cc(Br)ccc1F)C2)N1CCN(c2ccccn2)CC1. The van der Waals surface area contributed by atoms with E-state index in [2.05, 4.69) is 35.4 Å². The van der Waals surface area contributed by atoms with E-state index in [1.807, 2.05) is 29.2 Å². The van der Waals surface area contributed by atoms with E-state index in [1.165, 1.54) is 6.07 Å². The van der Waals surface area contributed by atoms with Gasteiger partial charge in [0.2, 0.25) is 5.91 Å². The number of piperazine rings is 1. The van der Waals surface area contributed by atoms with E-state index in [0.717, 1.165) is 46.8 Å². The number of benzene rings is 1. The number of H-pyrrole nitrogens is 1. The number of carbonyl (C=O) groups is 1. The largest absolute Gasteiger partial charge is 0.353 e. The average Bonchev–Trinajstić information content (AvgIpc) is 3.33. The number of fused-ring (bicyclic) bond motifs is 3. The summed E-state index contributed by atoms with van der Waals surface area (Å²) in [5.74, 6) is 1.06. The minimum Gasteiger partial charge on any atom is -0.353 e. The fourth-order valence-electron chi connectivity index (χ4n) is 5.59. The first-order valence-corrected chi connectivity index (χ1v) is 12.4. The highest BCUT2D eigenvalue weighted by Gasteiger charge is 2.63. The second-order valence-corrected chi connectivity index (χ2v) is 10.5. The van der Waals surface area contributed by atoms with E-state index in [-0.39, 0.29) is 23.1 Å². The predicted molar refractivity (Wildman–Crippen MR) is 129 cm³/mol. The summed E-state index contributed by atoms with van der Waals surface area (Å²) in [4.78, 5) is 25.0. The van der Waals surface area contributed by atoms with Gasteiger partial charge >= 0.3 is 0 Å². The van der Waals surface area contributed by atoms with Crippen LogP contribution in [0.2, 0.25) is 0 Å². The average molecular weight is 528 g/mol. The fraction of sp³-hybridized carbons (Fsp3) is 0.375. The molecule has 1 saturated carbocycles. The van der Waals surface area contributed by atoms with E-state index >= 15 is 0 Å². The van der Waals surface area contributed by atoms with Crippen LogP contribution in [0, 0.1) is 10.6 Å². The van der Waals surface area contributed by atoms with E-state index in [9.17, 15) is 9.18 Å². The van der Waals surface area contributed by atoms with Crippen molar-refractivity contribution in [2.24, 2.45) is 0 Å². The molecule has 33 heavy (non-hydrogen) atoms. The van der Waals surface area contributed by atoms with Crippen LogP contribution in [0.3, 0.4) is 0 Å². The zero-order valence-corrected chi connectivity index (χ0v) is 20.3. The van der Waals surface area contributed by atoms with E-state index in [0.29, 0.717) is 30.8 Å². The third kappa shape index (κ3) is 3.44. The number of pyridine rings is 1. The molecule has 6 rings (SSSR count). The molecule has 4 heterocycles. The van der Waals surface area contributed by atoms with Crippen LogP contribution in [-0.2, 0) is 23.2 Å². The van der Waals surface area contributed by atoms with Crippen LogP contribution in [0.4, 0.5) is 10.2 Å². The molecule has 1 aromatic carbocycles. The standard InChI is InChI=1S/C24H23BrFN5OS/c25-15-4-5-18(26)16(11-15)24-13-17(24)22-19(28-23(33)31(22)14-24)12-21(32)30-9-7-29(8-10-30)20-3-1-2-6-27-20/h1-6,11,17H,7-10,12-14H2,(H,28,33)/t17?,24-/m1/s1. The van der Waals surface area contributed by atoms with Crippen LogP contribution in [0.25, 0.3) is 0 Å². The number of carbonyl (C=O) groups excluding carboxylic acids is 1. The second-order valence-electron chi connectivity index (χ2n) is 9.15. The van der Waals surface area contributed by atoms with Gasteiger partial charge in [0.05, 0.1) is 6.42 Å². The van der Waals surface area contributed by atoms with Crippen molar-refractivity contribution >= 4 is 39.9 Å². The quantitative estimate of drug-likeness (QED) is 0.517. The summed E-state index contributed by atoms with van der Waals surface area (Å²) < 4.78 is 18.3. The topological polar surface area (TPSA) is 57.2 Å². The Morgan fingerprint density at radius 3 is 2.82 bits per heavy atom. The summed E-state index contributed by atoms with van der Waals surface area (Å²) in [6.45, 7) is 3.53. The Labute approximate surface area is 204 Å². The molecule has 2 atom stereocenters. The van der Waals surface area contributed by atoms with Crippen molar-refractivity contribution in [3.8, 4) is 0 Å². The van der Waals surface area contributed by atoms with Crippen molar-refractivity contribution in [1.29, 1.82) is 0 Å². The summed E-state index contributed by atoms with van der Waals surface area (Å²) in [5.41, 5.74) is 2.46. The number of amides is 1. The Morgan fingerprint density at radius 1 is 1.24 bits per heavy atom. The Balaban J connectivity index is 1.18. The predicted octanol–water partition coefficient (Wildman–Crippen LogP) is 4.17. The zero-order chi connectivity index (χ0) is 22.7. The third-order valence-electron chi connectivity index (χ3n) is 7.35. The summed E-state index contributed by atoms with van der Waals surface area (Å²) in [6.07, 6.45) is 2.97. The molecule has 1 aliphatic carbocycles. The van der Waals surface area contributed by atoms with Gasteiger partial charge in [0.15, 0.2) is 4.77 Å². The lowest BCUT2D eigenvalue weighted by molar-refractivity contribution is -0.130. The molecular formula is C24H23BrFN5OS. The van der Waals surface area contributed by atoms with Gasteiger partial charge in [-0.05, 0) is 54.5 Å². The van der Waals surface area contributed by atoms with Crippen molar-refractivity contribution in [1.82, 2.24) is 19.4 Å². The molecule has 170 valence electrons. The molecule has 3 aromatic rings. The van der Waals surface area contributed by atoms with Crippen molar-refractivity contribution in [2.75, 3.05) is 31.1 Å². The molecule has 0 spiro atoms. The third-order valence-corrected chi connectivity index (χ3v) is 8.16. The maximum Gasteiger partial charge on any atom is 0.228 e. The Morgan fingerprint density at radius 2 is 2.06 bits per heavy atom. The van der Waals surface area contributed by atoms with Gasteiger partial charge in [-0.3, -0.25) is 4.79 Å². The molecule has 1 amide bonds. The van der Waals surface area contributed by atoms with Gasteiger partial charge < -0.3 is 19.4 Å². The van der Waals surface area contributed by atoms with E-state index < -0.39 is 0 Å². The minimum atomic E-state index is -0.252. The Hall–Kier alpha value is -2.52. The molecule has 2 aliphatic heterocycles. The van der Waals surface area contributed by atoms with Gasteiger partial charge in [-0.25, -0.2) is 9.37 Å². The zero-order valence-electron chi connectivity index (χ0n) is 17.9. The lowest BCUT2D eigenvalue weighted by Gasteiger charge is -2.35. The molecule has 1 unspecified atom stereocenters. The van der Waals surface area contributed by atoms with E-state index in [4.69, 9.17) is 12.2 Å². The molecule has 0 radical (unpaired) electrons. The molecule has 1 saturated heterocycles. The van der Waals surface area contributed by atoms with Crippen LogP contribution >= 0.6 is 28.1 Å². The van der Waals surface area contributed by atoms with Gasteiger partial charge in [0, 0.05) is 66.1 Å². The number of aromatic amines is 1. The fourth-order valence-corrected chi connectivity index (χ4v) is 6.24. The second kappa shape index (κ2) is 7.77. The molecule has 2 aromatic heterocycles. The molecule has 9 heteroatoms. The van der Waals surface area contributed by atoms with Crippen LogP contribution in [0.15, 0.2) is 47.1 Å². The van der Waals surface area contributed by atoms with Gasteiger partial charge in [-0.1, -0.05) is 22.0 Å². The van der Waals surface area contributed by atoms with Crippen molar-refractivity contribution in [3.05, 3.63) is 74.6 Å². The maximum absolute atomic E-state index is 14.7. The summed E-state index contributed by atoms with van der Waals surface area (Å²) in [6, 6.07) is 11.0. The lowest BCUT2D eigenvalue weighted by atomic mass is 9.93. The number of aromatic nitrogens is 3. The summed E-state index contributed by atoms with van der Waals surface area (Å²) in [7, 11) is 0. The Bertz CT molecular complexity index is 1300. The number of halogens is 2. The molecular weight excluding hydrogens is 505 g/mol. The van der Waals surface area contributed by atoms with Crippen molar-refractivity contribution < 1.29 is 9.18 Å². The summed E-state index contributed by atoms with van der Waals surface area (Å²) in [5, 5.41) is 0. The van der Waals surface area contributed by atoms with Gasteiger partial charge in [0.25, 0.3) is 0 Å². The monoisotopic (exact) mass is 527 g/mol. The number of anilines is 1. The number of nitrogens with one attached hydrogen (secondary N) is 1. The highest BCUT2D eigenvalue weighted by atomic mass is 79.9. The number of rotatable bonds is 4. The van der Waals surface area contributed by atoms with Crippen molar-refractivity contribution in [2.45, 2.75) is 30.7 Å². The van der Waals surface area contributed by atoms with Gasteiger partial charge in [-0.15, -0.1) is 0 Å². The number of imidazole rings is 1. The molecule has 1 N–H and O–H groups in total. The van der Waals surface area contributed by atoms with Gasteiger partial charge in [0.1, 0.15) is 11.6 Å². The highest BCUT2D eigenvalue weighted by molar-refractivity contribution is 9.10. The highest BCUT2D eigenvalue weighted by Crippen LogP contribution is 2.66. The minimum absolute atomic E-state index is 0.0992. The molecule has 2 fully saturated rings. The maximum atomic E-state index is 14.7. The number of nitrogens with zero attached hydrogens (tertiary/aromatic N) is 4. The van der Waals surface area contributed by atoms with E-state index in [1.54, 1.807) is 12.3 Å². The first kappa shape index (κ1) is 21.0. The first-order chi connectivity index (χ1) is 16.0. The smallest absolute Gasteiger partial charge is 0.228 e. The molecule has 3 aliphatic rings. The van der Waals surface area contributed by atoms with Crippen LogP contribution in [0.1, 0.15) is 29.3 Å². The Kier molecular flexibility index (Phi) is 4.95. The lowest BCUT2D eigenvalue weighted by Crippen LogP contribution is -2.49. The summed E-state index contributed by atoms with van der Waals surface area (Å²) >= 11 is 9.05. The normalized spacial score (nSPS) is 23.4. The van der Waals surface area contributed by atoms with Gasteiger partial charge in [-0.2, -0.15) is 0 Å². The van der Waals surface area contributed by atoms with Crippen LogP contribution < -0.4 is 4.90 Å². The van der Waals surface area contributed by atoms with Crippen molar-refractivity contribution in [3.63, 3.8) is 0 Å². The molecule has 6 nitrogen and oxygen atoms in total. The molecule has 0 bridgehead atoms. The number of hydrogen-bond acceptors (Lipinski definition) is 4.